The maximum atomic E-state index is 2.49. The topological polar surface area (TPSA) is 9.86 Å². The molecule has 0 saturated heterocycles. The molecule has 0 radical (unpaired) electrons. The van der Waals surface area contributed by atoms with Gasteiger partial charge in [-0.3, -0.25) is 0 Å². The Kier molecular flexibility index (Phi) is 7.13. The second-order valence-electron chi connectivity index (χ2n) is 14.9. The molecule has 0 spiro atoms. The third-order valence-electron chi connectivity index (χ3n) is 11.7. The van der Waals surface area contributed by atoms with Gasteiger partial charge in [0.1, 0.15) is 0 Å². The van der Waals surface area contributed by atoms with Crippen LogP contribution in [0.5, 0.6) is 0 Å². The number of aromatic nitrogens is 2. The summed E-state index contributed by atoms with van der Waals surface area (Å²) in [5.41, 5.74) is 14.5. The van der Waals surface area contributed by atoms with Crippen LogP contribution in [0.3, 0.4) is 0 Å². The molecule has 3 heterocycles. The van der Waals surface area contributed by atoms with Gasteiger partial charge in [-0.25, -0.2) is 0 Å². The van der Waals surface area contributed by atoms with Gasteiger partial charge >= 0.3 is 0 Å². The first-order chi connectivity index (χ1) is 28.3. The van der Waals surface area contributed by atoms with Gasteiger partial charge in [0.15, 0.2) is 0 Å². The predicted molar refractivity (Wildman–Crippen MR) is 244 cm³/mol. The fourth-order valence-corrected chi connectivity index (χ4v) is 10.4. The van der Waals surface area contributed by atoms with Crippen LogP contribution in [0.2, 0.25) is 0 Å². The van der Waals surface area contributed by atoms with Crippen LogP contribution < -0.4 is 0 Å². The molecule has 0 atom stereocenters. The number of para-hydroxylation sites is 4. The summed E-state index contributed by atoms with van der Waals surface area (Å²) in [6, 6.07) is 75.7. The Bertz CT molecular complexity index is 3490. The fourth-order valence-electron chi connectivity index (χ4n) is 9.14. The van der Waals surface area contributed by atoms with Crippen LogP contribution in [0, 0.1) is 0 Å². The van der Waals surface area contributed by atoms with Crippen molar-refractivity contribution >= 4 is 75.1 Å². The predicted octanol–water partition coefficient (Wildman–Crippen LogP) is 15.2. The van der Waals surface area contributed by atoms with Crippen molar-refractivity contribution in [3.8, 4) is 44.8 Å². The lowest BCUT2D eigenvalue weighted by atomic mass is 9.98. The first kappa shape index (κ1) is 32.1. The molecule has 0 aliphatic carbocycles. The highest BCUT2D eigenvalue weighted by atomic mass is 32.1. The van der Waals surface area contributed by atoms with Gasteiger partial charge in [-0.05, 0) is 70.8 Å². The molecule has 0 aliphatic rings. The molecular formula is C54H34N2S. The number of fused-ring (bicyclic) bond motifs is 9. The summed E-state index contributed by atoms with van der Waals surface area (Å²) in [5.74, 6) is 0. The Balaban J connectivity index is 1.13. The van der Waals surface area contributed by atoms with Gasteiger partial charge in [-0.2, -0.15) is 0 Å². The highest BCUT2D eigenvalue weighted by Gasteiger charge is 2.20. The lowest BCUT2D eigenvalue weighted by molar-refractivity contribution is 1.18. The van der Waals surface area contributed by atoms with Crippen LogP contribution in [0.25, 0.3) is 109 Å². The monoisotopic (exact) mass is 742 g/mol. The Labute approximate surface area is 333 Å². The van der Waals surface area contributed by atoms with Crippen molar-refractivity contribution in [3.63, 3.8) is 0 Å². The third kappa shape index (κ3) is 4.96. The smallest absolute Gasteiger partial charge is 0.0619 e. The van der Waals surface area contributed by atoms with E-state index in [9.17, 15) is 0 Å². The number of thiophene rings is 1. The van der Waals surface area contributed by atoms with E-state index in [0.29, 0.717) is 0 Å². The molecule has 0 saturated carbocycles. The van der Waals surface area contributed by atoms with Crippen LogP contribution in [0.1, 0.15) is 0 Å². The molecule has 0 bridgehead atoms. The molecule has 57 heavy (non-hydrogen) atoms. The third-order valence-corrected chi connectivity index (χ3v) is 12.9. The van der Waals surface area contributed by atoms with Gasteiger partial charge in [0, 0.05) is 64.2 Å². The molecular weight excluding hydrogens is 709 g/mol. The normalized spacial score (nSPS) is 11.9. The number of hydrogen-bond donors (Lipinski definition) is 0. The first-order valence-electron chi connectivity index (χ1n) is 19.5. The van der Waals surface area contributed by atoms with Crippen LogP contribution in [0.15, 0.2) is 206 Å². The molecule has 3 heteroatoms. The number of benzene rings is 9. The summed E-state index contributed by atoms with van der Waals surface area (Å²) in [5, 5.41) is 7.59. The molecule has 0 N–H and O–H groups in total. The lowest BCUT2D eigenvalue weighted by Gasteiger charge is -2.14. The zero-order valence-corrected chi connectivity index (χ0v) is 31.7. The standard InChI is InChI=1S/C54H34N2S/c1-3-14-35(15-4-1)36-26-28-37(29-27-36)47-33-40(34-48-45-20-9-12-25-52(45)57-54(47)48)55-49-23-10-7-18-42(49)44-31-30-38(32-51(44)55)41-21-13-22-46-43-19-8-11-24-50(43)56(53(41)46)39-16-5-2-6-17-39/h1-34H. The van der Waals surface area contributed by atoms with Gasteiger partial charge < -0.3 is 9.13 Å². The van der Waals surface area contributed by atoms with Crippen LogP contribution in [-0.2, 0) is 0 Å². The van der Waals surface area contributed by atoms with Crippen molar-refractivity contribution in [1.29, 1.82) is 0 Å². The molecule has 0 unspecified atom stereocenters. The number of hydrogen-bond acceptors (Lipinski definition) is 1. The average molecular weight is 743 g/mol. The van der Waals surface area contributed by atoms with Crippen molar-refractivity contribution in [2.45, 2.75) is 0 Å². The van der Waals surface area contributed by atoms with E-state index in [1.807, 2.05) is 11.3 Å². The zero-order chi connectivity index (χ0) is 37.5. The van der Waals surface area contributed by atoms with Gasteiger partial charge in [0.05, 0.1) is 22.1 Å². The van der Waals surface area contributed by atoms with E-state index in [1.165, 1.54) is 97.2 Å². The highest BCUT2D eigenvalue weighted by molar-refractivity contribution is 7.26. The van der Waals surface area contributed by atoms with Crippen LogP contribution >= 0.6 is 11.3 Å². The maximum Gasteiger partial charge on any atom is 0.0619 e. The average Bonchev–Trinajstić information content (AvgIpc) is 3.94. The second-order valence-corrected chi connectivity index (χ2v) is 15.9. The molecule has 12 aromatic rings. The lowest BCUT2D eigenvalue weighted by Crippen LogP contribution is -1.96. The van der Waals surface area contributed by atoms with E-state index < -0.39 is 0 Å². The minimum atomic E-state index is 1.16. The quantitative estimate of drug-likeness (QED) is 0.166. The van der Waals surface area contributed by atoms with Gasteiger partial charge in [-0.15, -0.1) is 11.3 Å². The molecule has 266 valence electrons. The minimum Gasteiger partial charge on any atom is -0.309 e. The summed E-state index contributed by atoms with van der Waals surface area (Å²) < 4.78 is 7.55. The molecule has 12 rings (SSSR count). The number of nitrogens with zero attached hydrogens (tertiary/aromatic N) is 2. The van der Waals surface area contributed by atoms with E-state index in [-0.39, 0.29) is 0 Å². The SMILES string of the molecule is c1ccc(-c2ccc(-c3cc(-n4c5ccccc5c5ccc(-c6cccc7c8ccccc8n(-c8ccccc8)c67)cc54)cc4c3sc3ccccc34)cc2)cc1. The Morgan fingerprint density at radius 3 is 1.67 bits per heavy atom. The van der Waals surface area contributed by atoms with E-state index in [4.69, 9.17) is 0 Å². The molecule has 2 nitrogen and oxygen atoms in total. The van der Waals surface area contributed by atoms with Gasteiger partial charge in [0.25, 0.3) is 0 Å². The van der Waals surface area contributed by atoms with Gasteiger partial charge in [0.2, 0.25) is 0 Å². The second kappa shape index (κ2) is 12.7. The first-order valence-corrected chi connectivity index (χ1v) is 20.3. The van der Waals surface area contributed by atoms with E-state index in [1.54, 1.807) is 0 Å². The Hall–Kier alpha value is -7.20. The minimum absolute atomic E-state index is 1.16. The van der Waals surface area contributed by atoms with Crippen molar-refractivity contribution in [2.24, 2.45) is 0 Å². The van der Waals surface area contributed by atoms with E-state index in [2.05, 4.69) is 215 Å². The fraction of sp³-hybridized carbons (Fsp3) is 0. The largest absolute Gasteiger partial charge is 0.309 e. The molecule has 0 fully saturated rings. The van der Waals surface area contributed by atoms with E-state index >= 15 is 0 Å². The van der Waals surface area contributed by atoms with Crippen molar-refractivity contribution in [1.82, 2.24) is 9.13 Å². The van der Waals surface area contributed by atoms with Gasteiger partial charge in [-0.1, -0.05) is 158 Å². The van der Waals surface area contributed by atoms with Crippen molar-refractivity contribution < 1.29 is 0 Å². The summed E-state index contributed by atoms with van der Waals surface area (Å²) in [4.78, 5) is 0. The Morgan fingerprint density at radius 1 is 0.298 bits per heavy atom. The molecule has 9 aromatic carbocycles. The van der Waals surface area contributed by atoms with Crippen LogP contribution in [0.4, 0.5) is 0 Å². The summed E-state index contributed by atoms with van der Waals surface area (Å²) >= 11 is 1.89. The molecule has 0 aliphatic heterocycles. The highest BCUT2D eigenvalue weighted by Crippen LogP contribution is 2.45. The summed E-state index contributed by atoms with van der Waals surface area (Å²) in [7, 11) is 0. The van der Waals surface area contributed by atoms with E-state index in [0.717, 1.165) is 11.4 Å². The van der Waals surface area contributed by atoms with Crippen molar-refractivity contribution in [2.75, 3.05) is 0 Å². The Morgan fingerprint density at radius 2 is 0.877 bits per heavy atom. The zero-order valence-electron chi connectivity index (χ0n) is 30.9. The molecule has 3 aromatic heterocycles. The van der Waals surface area contributed by atoms with Crippen LogP contribution in [-0.4, -0.2) is 9.13 Å². The summed E-state index contributed by atoms with van der Waals surface area (Å²) in [6.45, 7) is 0. The number of rotatable bonds is 5. The summed E-state index contributed by atoms with van der Waals surface area (Å²) in [6.07, 6.45) is 0. The van der Waals surface area contributed by atoms with Crippen molar-refractivity contribution in [3.05, 3.63) is 206 Å². The maximum absolute atomic E-state index is 2.49. The molecule has 0 amide bonds.